The Hall–Kier alpha value is -1.78. The van der Waals surface area contributed by atoms with Gasteiger partial charge in [-0.1, -0.05) is 18.2 Å². The molecular weight excluding hydrogens is 238 g/mol. The lowest BCUT2D eigenvalue weighted by molar-refractivity contribution is 0.0262. The molecule has 1 aliphatic rings. The van der Waals surface area contributed by atoms with Gasteiger partial charge in [0.15, 0.2) is 0 Å². The van der Waals surface area contributed by atoms with Crippen molar-refractivity contribution in [2.75, 3.05) is 7.11 Å². The van der Waals surface area contributed by atoms with E-state index in [-0.39, 0.29) is 0 Å². The SMILES string of the molecule is COC1(N)CC(C)=C(N=Nc2ccccc2)C=C1C. The standard InChI is InChI=1S/C15H19N3O/c1-11-10-15(16,19-3)12(2)9-14(11)18-17-13-7-5-4-6-8-13/h4-9H,10,16H2,1-3H3. The van der Waals surface area contributed by atoms with E-state index in [1.54, 1.807) is 7.11 Å². The van der Waals surface area contributed by atoms with Gasteiger partial charge in [-0.15, -0.1) is 0 Å². The zero-order valence-electron chi connectivity index (χ0n) is 11.6. The highest BCUT2D eigenvalue weighted by atomic mass is 16.5. The van der Waals surface area contributed by atoms with E-state index in [2.05, 4.69) is 10.2 Å². The van der Waals surface area contributed by atoms with Crippen LogP contribution in [-0.2, 0) is 4.74 Å². The summed E-state index contributed by atoms with van der Waals surface area (Å²) < 4.78 is 5.38. The smallest absolute Gasteiger partial charge is 0.142 e. The lowest BCUT2D eigenvalue weighted by Crippen LogP contribution is -2.44. The minimum atomic E-state index is -0.712. The van der Waals surface area contributed by atoms with Crippen molar-refractivity contribution in [3.63, 3.8) is 0 Å². The number of nitrogens with two attached hydrogens (primary N) is 1. The highest BCUT2D eigenvalue weighted by molar-refractivity contribution is 5.39. The van der Waals surface area contributed by atoms with Crippen LogP contribution in [0.15, 0.2) is 63.5 Å². The van der Waals surface area contributed by atoms with Crippen molar-refractivity contribution in [1.29, 1.82) is 0 Å². The highest BCUT2D eigenvalue weighted by Gasteiger charge is 2.31. The minimum absolute atomic E-state index is 0.634. The summed E-state index contributed by atoms with van der Waals surface area (Å²) in [6, 6.07) is 9.67. The largest absolute Gasteiger partial charge is 0.360 e. The van der Waals surface area contributed by atoms with Gasteiger partial charge in [0.2, 0.25) is 0 Å². The molecule has 0 heterocycles. The maximum absolute atomic E-state index is 6.16. The number of ether oxygens (including phenoxy) is 1. The Labute approximate surface area is 113 Å². The molecule has 0 spiro atoms. The van der Waals surface area contributed by atoms with Crippen LogP contribution in [0.1, 0.15) is 20.3 Å². The van der Waals surface area contributed by atoms with E-state index in [4.69, 9.17) is 10.5 Å². The molecule has 2 rings (SSSR count). The summed E-state index contributed by atoms with van der Waals surface area (Å²) in [5, 5.41) is 8.53. The molecule has 1 unspecified atom stereocenters. The van der Waals surface area contributed by atoms with Crippen LogP contribution in [0.4, 0.5) is 5.69 Å². The summed E-state index contributed by atoms with van der Waals surface area (Å²) in [7, 11) is 1.63. The number of hydrogen-bond donors (Lipinski definition) is 1. The Bertz CT molecular complexity index is 546. The molecule has 100 valence electrons. The number of azo groups is 1. The molecule has 0 fully saturated rings. The molecule has 0 amide bonds. The first kappa shape index (κ1) is 13.6. The Kier molecular flexibility index (Phi) is 3.93. The Balaban J connectivity index is 2.23. The first-order chi connectivity index (χ1) is 9.05. The normalized spacial score (nSPS) is 23.9. The third kappa shape index (κ3) is 2.97. The monoisotopic (exact) mass is 257 g/mol. The number of hydrogen-bond acceptors (Lipinski definition) is 4. The number of allylic oxidation sites excluding steroid dienone is 1. The first-order valence-corrected chi connectivity index (χ1v) is 6.24. The number of rotatable bonds is 3. The van der Waals surface area contributed by atoms with Gasteiger partial charge in [0.05, 0.1) is 11.4 Å². The van der Waals surface area contributed by atoms with Crippen LogP contribution in [0, 0.1) is 0 Å². The molecule has 4 heteroatoms. The van der Waals surface area contributed by atoms with Gasteiger partial charge in [0.25, 0.3) is 0 Å². The van der Waals surface area contributed by atoms with Crippen molar-refractivity contribution in [2.45, 2.75) is 26.0 Å². The molecule has 0 saturated heterocycles. The zero-order valence-corrected chi connectivity index (χ0v) is 11.6. The van der Waals surface area contributed by atoms with Crippen molar-refractivity contribution >= 4 is 5.69 Å². The maximum Gasteiger partial charge on any atom is 0.142 e. The minimum Gasteiger partial charge on any atom is -0.360 e. The van der Waals surface area contributed by atoms with Crippen molar-refractivity contribution in [2.24, 2.45) is 16.0 Å². The third-order valence-electron chi connectivity index (χ3n) is 3.38. The quantitative estimate of drug-likeness (QED) is 0.663. The lowest BCUT2D eigenvalue weighted by atomic mass is 9.90. The van der Waals surface area contributed by atoms with Crippen LogP contribution in [-0.4, -0.2) is 12.8 Å². The Morgan fingerprint density at radius 1 is 1.16 bits per heavy atom. The molecule has 19 heavy (non-hydrogen) atoms. The Morgan fingerprint density at radius 3 is 2.47 bits per heavy atom. The molecule has 4 nitrogen and oxygen atoms in total. The fourth-order valence-corrected chi connectivity index (χ4v) is 2.03. The van der Waals surface area contributed by atoms with Gasteiger partial charge in [0, 0.05) is 13.5 Å². The summed E-state index contributed by atoms with van der Waals surface area (Å²) in [6.07, 6.45) is 2.57. The summed E-state index contributed by atoms with van der Waals surface area (Å²) in [5.74, 6) is 0. The van der Waals surface area contributed by atoms with E-state index in [0.717, 1.165) is 22.5 Å². The number of methoxy groups -OCH3 is 1. The molecule has 0 saturated carbocycles. The maximum atomic E-state index is 6.16. The van der Waals surface area contributed by atoms with Gasteiger partial charge in [-0.25, -0.2) is 0 Å². The van der Waals surface area contributed by atoms with Crippen molar-refractivity contribution < 1.29 is 4.74 Å². The van der Waals surface area contributed by atoms with Crippen LogP contribution >= 0.6 is 0 Å². The van der Waals surface area contributed by atoms with E-state index in [9.17, 15) is 0 Å². The summed E-state index contributed by atoms with van der Waals surface area (Å²) in [5.41, 5.74) is 9.19. The predicted molar refractivity (Wildman–Crippen MR) is 76.0 cm³/mol. The van der Waals surface area contributed by atoms with Gasteiger partial charge in [-0.3, -0.25) is 5.73 Å². The predicted octanol–water partition coefficient (Wildman–Crippen LogP) is 3.70. The fourth-order valence-electron chi connectivity index (χ4n) is 2.03. The van der Waals surface area contributed by atoms with E-state index < -0.39 is 5.72 Å². The van der Waals surface area contributed by atoms with Crippen LogP contribution < -0.4 is 5.73 Å². The molecule has 1 aliphatic carbocycles. The van der Waals surface area contributed by atoms with Crippen LogP contribution in [0.3, 0.4) is 0 Å². The van der Waals surface area contributed by atoms with Crippen LogP contribution in [0.5, 0.6) is 0 Å². The molecule has 1 atom stereocenters. The number of benzene rings is 1. The van der Waals surface area contributed by atoms with E-state index in [0.29, 0.717) is 6.42 Å². The van der Waals surface area contributed by atoms with Crippen molar-refractivity contribution in [1.82, 2.24) is 0 Å². The molecule has 1 aromatic rings. The number of nitrogens with zero attached hydrogens (tertiary/aromatic N) is 2. The van der Waals surface area contributed by atoms with Gasteiger partial charge in [-0.2, -0.15) is 10.2 Å². The average molecular weight is 257 g/mol. The van der Waals surface area contributed by atoms with Gasteiger partial charge >= 0.3 is 0 Å². The summed E-state index contributed by atoms with van der Waals surface area (Å²) in [4.78, 5) is 0. The Morgan fingerprint density at radius 2 is 1.84 bits per heavy atom. The van der Waals surface area contributed by atoms with E-state index in [1.165, 1.54) is 0 Å². The zero-order chi connectivity index (χ0) is 13.9. The van der Waals surface area contributed by atoms with Gasteiger partial charge in [-0.05, 0) is 43.2 Å². The van der Waals surface area contributed by atoms with Crippen molar-refractivity contribution in [3.8, 4) is 0 Å². The van der Waals surface area contributed by atoms with Crippen LogP contribution in [0.2, 0.25) is 0 Å². The second kappa shape index (κ2) is 5.47. The molecule has 2 N–H and O–H groups in total. The average Bonchev–Trinajstić information content (AvgIpc) is 2.42. The summed E-state index contributed by atoms with van der Waals surface area (Å²) >= 11 is 0. The first-order valence-electron chi connectivity index (χ1n) is 6.24. The molecule has 0 radical (unpaired) electrons. The fraction of sp³-hybridized carbons (Fsp3) is 0.333. The summed E-state index contributed by atoms with van der Waals surface area (Å²) in [6.45, 7) is 3.96. The van der Waals surface area contributed by atoms with Gasteiger partial charge in [0.1, 0.15) is 5.72 Å². The lowest BCUT2D eigenvalue weighted by Gasteiger charge is -2.32. The van der Waals surface area contributed by atoms with E-state index >= 15 is 0 Å². The molecular formula is C15H19N3O. The van der Waals surface area contributed by atoms with Crippen molar-refractivity contribution in [3.05, 3.63) is 53.3 Å². The van der Waals surface area contributed by atoms with Crippen LogP contribution in [0.25, 0.3) is 0 Å². The second-order valence-corrected chi connectivity index (χ2v) is 4.80. The van der Waals surface area contributed by atoms with Gasteiger partial charge < -0.3 is 4.74 Å². The molecule has 0 aliphatic heterocycles. The molecule has 0 bridgehead atoms. The third-order valence-corrected chi connectivity index (χ3v) is 3.38. The van der Waals surface area contributed by atoms with E-state index in [1.807, 2.05) is 50.3 Å². The topological polar surface area (TPSA) is 60.0 Å². The highest BCUT2D eigenvalue weighted by Crippen LogP contribution is 2.32. The second-order valence-electron chi connectivity index (χ2n) is 4.80. The molecule has 1 aromatic carbocycles. The molecule has 0 aromatic heterocycles.